The minimum absolute atomic E-state index is 0.0170. The molecule has 0 amide bonds. The number of hydrogen-bond acceptors (Lipinski definition) is 5. The minimum Gasteiger partial charge on any atom is -0.476 e. The van der Waals surface area contributed by atoms with Gasteiger partial charge in [-0.05, 0) is 18.5 Å². The minimum atomic E-state index is -1.07. The molecule has 0 radical (unpaired) electrons. The number of aromatic carboxylic acids is 1. The molecule has 0 saturated carbocycles. The third-order valence-electron chi connectivity index (χ3n) is 2.79. The van der Waals surface area contributed by atoms with Crippen LogP contribution in [0.4, 0.5) is 0 Å². The van der Waals surface area contributed by atoms with Crippen molar-refractivity contribution in [3.63, 3.8) is 0 Å². The Labute approximate surface area is 109 Å². The van der Waals surface area contributed by atoms with Gasteiger partial charge in [-0.25, -0.2) is 9.48 Å². The lowest BCUT2D eigenvalue weighted by molar-refractivity contribution is 0.0689. The van der Waals surface area contributed by atoms with Crippen molar-refractivity contribution in [3.05, 3.63) is 29.3 Å². The van der Waals surface area contributed by atoms with Crippen molar-refractivity contribution in [2.24, 2.45) is 12.8 Å². The number of aromatic nitrogens is 5. The van der Waals surface area contributed by atoms with Crippen molar-refractivity contribution in [3.8, 4) is 0 Å². The van der Waals surface area contributed by atoms with Crippen molar-refractivity contribution < 1.29 is 9.90 Å². The molecule has 0 aliphatic rings. The first-order chi connectivity index (χ1) is 9.11. The Morgan fingerprint density at radius 1 is 1.47 bits per heavy atom. The van der Waals surface area contributed by atoms with Gasteiger partial charge in [-0.2, -0.15) is 5.10 Å². The number of carboxylic acids is 1. The molecule has 102 valence electrons. The number of nitrogens with zero attached hydrogens (tertiary/aromatic N) is 5. The van der Waals surface area contributed by atoms with Crippen LogP contribution in [0.1, 0.15) is 21.7 Å². The number of carboxylic acid groups (broad SMARTS) is 1. The van der Waals surface area contributed by atoms with Crippen LogP contribution in [0.25, 0.3) is 0 Å². The lowest BCUT2D eigenvalue weighted by Gasteiger charge is -2.04. The molecule has 8 nitrogen and oxygen atoms in total. The fourth-order valence-corrected chi connectivity index (χ4v) is 1.90. The predicted octanol–water partition coefficient (Wildman–Crippen LogP) is -0.546. The molecule has 0 bridgehead atoms. The summed E-state index contributed by atoms with van der Waals surface area (Å²) in [6.07, 6.45) is 4.85. The number of nitrogens with two attached hydrogens (primary N) is 1. The highest BCUT2D eigenvalue weighted by molar-refractivity contribution is 5.86. The Balaban J connectivity index is 2.13. The maximum Gasteiger partial charge on any atom is 0.358 e. The average Bonchev–Trinajstić information content (AvgIpc) is 2.94. The lowest BCUT2D eigenvalue weighted by atomic mass is 10.2. The van der Waals surface area contributed by atoms with E-state index >= 15 is 0 Å². The standard InChI is InChI=1S/C11H16N6O2/c1-16-7-8(6-13-16)3-5-17-9(2-4-12)10(11(18)19)14-15-17/h6-7H,2-5,12H2,1H3,(H,18,19). The molecular weight excluding hydrogens is 248 g/mol. The second kappa shape index (κ2) is 5.61. The van der Waals surface area contributed by atoms with Gasteiger partial charge in [0.15, 0.2) is 5.69 Å². The molecule has 0 aliphatic carbocycles. The molecule has 0 unspecified atom stereocenters. The van der Waals surface area contributed by atoms with Gasteiger partial charge in [0.1, 0.15) is 0 Å². The van der Waals surface area contributed by atoms with Crippen LogP contribution in [0.2, 0.25) is 0 Å². The smallest absolute Gasteiger partial charge is 0.358 e. The average molecular weight is 264 g/mol. The molecule has 0 saturated heterocycles. The number of rotatable bonds is 6. The van der Waals surface area contributed by atoms with E-state index in [0.29, 0.717) is 31.6 Å². The summed E-state index contributed by atoms with van der Waals surface area (Å²) in [4.78, 5) is 11.0. The van der Waals surface area contributed by atoms with E-state index in [0.717, 1.165) is 5.56 Å². The quantitative estimate of drug-likeness (QED) is 0.724. The molecule has 2 rings (SSSR count). The monoisotopic (exact) mass is 264 g/mol. The summed E-state index contributed by atoms with van der Waals surface area (Å²) in [6.45, 7) is 0.919. The first kappa shape index (κ1) is 13.2. The molecule has 3 N–H and O–H groups in total. The van der Waals surface area contributed by atoms with Crippen molar-refractivity contribution in [2.45, 2.75) is 19.4 Å². The maximum absolute atomic E-state index is 11.0. The van der Waals surface area contributed by atoms with Gasteiger partial charge < -0.3 is 10.8 Å². The molecule has 2 aromatic heterocycles. The van der Waals surface area contributed by atoms with Gasteiger partial charge in [-0.15, -0.1) is 5.10 Å². The predicted molar refractivity (Wildman–Crippen MR) is 66.7 cm³/mol. The van der Waals surface area contributed by atoms with Gasteiger partial charge in [0.2, 0.25) is 0 Å². The highest BCUT2D eigenvalue weighted by atomic mass is 16.4. The largest absolute Gasteiger partial charge is 0.476 e. The zero-order valence-corrected chi connectivity index (χ0v) is 10.7. The summed E-state index contributed by atoms with van der Waals surface area (Å²) in [6, 6.07) is 0. The summed E-state index contributed by atoms with van der Waals surface area (Å²) in [5.41, 5.74) is 7.11. The van der Waals surface area contributed by atoms with Crippen LogP contribution in [0.3, 0.4) is 0 Å². The van der Waals surface area contributed by atoms with Gasteiger partial charge >= 0.3 is 5.97 Å². The topological polar surface area (TPSA) is 112 Å². The molecule has 0 spiro atoms. The molecule has 0 aromatic carbocycles. The number of hydrogen-bond donors (Lipinski definition) is 2. The van der Waals surface area contributed by atoms with Crippen LogP contribution < -0.4 is 5.73 Å². The molecule has 0 fully saturated rings. The first-order valence-corrected chi connectivity index (χ1v) is 5.95. The van der Waals surface area contributed by atoms with Crippen LogP contribution in [-0.4, -0.2) is 42.4 Å². The summed E-state index contributed by atoms with van der Waals surface area (Å²) in [5.74, 6) is -1.07. The normalized spacial score (nSPS) is 10.8. The van der Waals surface area contributed by atoms with Gasteiger partial charge in [0, 0.05) is 26.2 Å². The zero-order valence-electron chi connectivity index (χ0n) is 10.7. The first-order valence-electron chi connectivity index (χ1n) is 5.95. The van der Waals surface area contributed by atoms with E-state index in [1.54, 1.807) is 15.6 Å². The van der Waals surface area contributed by atoms with Crippen molar-refractivity contribution in [1.29, 1.82) is 0 Å². The van der Waals surface area contributed by atoms with Crippen LogP contribution in [0.5, 0.6) is 0 Å². The van der Waals surface area contributed by atoms with E-state index in [4.69, 9.17) is 10.8 Å². The zero-order chi connectivity index (χ0) is 13.8. The van der Waals surface area contributed by atoms with E-state index in [1.165, 1.54) is 0 Å². The summed E-state index contributed by atoms with van der Waals surface area (Å²) >= 11 is 0. The summed E-state index contributed by atoms with van der Waals surface area (Å²) in [5, 5.41) is 20.7. The van der Waals surface area contributed by atoms with E-state index in [2.05, 4.69) is 15.4 Å². The Bertz CT molecular complexity index is 574. The van der Waals surface area contributed by atoms with E-state index < -0.39 is 5.97 Å². The fraction of sp³-hybridized carbons (Fsp3) is 0.455. The molecule has 0 aliphatic heterocycles. The highest BCUT2D eigenvalue weighted by Crippen LogP contribution is 2.08. The van der Waals surface area contributed by atoms with Crippen LogP contribution in [-0.2, 0) is 26.4 Å². The third kappa shape index (κ3) is 2.97. The molecular formula is C11H16N6O2. The van der Waals surface area contributed by atoms with Crippen LogP contribution in [0.15, 0.2) is 12.4 Å². The Morgan fingerprint density at radius 3 is 2.84 bits per heavy atom. The summed E-state index contributed by atoms with van der Waals surface area (Å²) < 4.78 is 3.32. The van der Waals surface area contributed by atoms with Crippen molar-refractivity contribution in [1.82, 2.24) is 24.8 Å². The van der Waals surface area contributed by atoms with Gasteiger partial charge in [0.25, 0.3) is 0 Å². The Hall–Kier alpha value is -2.22. The van der Waals surface area contributed by atoms with E-state index in [-0.39, 0.29) is 5.69 Å². The molecule has 8 heteroatoms. The second-order valence-corrected chi connectivity index (χ2v) is 4.22. The second-order valence-electron chi connectivity index (χ2n) is 4.22. The van der Waals surface area contributed by atoms with Gasteiger partial charge in [0.05, 0.1) is 11.9 Å². The van der Waals surface area contributed by atoms with Crippen LogP contribution in [0, 0.1) is 0 Å². The summed E-state index contributed by atoms with van der Waals surface area (Å²) in [7, 11) is 1.85. The van der Waals surface area contributed by atoms with E-state index in [1.807, 2.05) is 13.2 Å². The van der Waals surface area contributed by atoms with Crippen molar-refractivity contribution >= 4 is 5.97 Å². The Morgan fingerprint density at radius 2 is 2.26 bits per heavy atom. The lowest BCUT2D eigenvalue weighted by Crippen LogP contribution is -2.14. The fourth-order valence-electron chi connectivity index (χ4n) is 1.90. The third-order valence-corrected chi connectivity index (χ3v) is 2.79. The molecule has 19 heavy (non-hydrogen) atoms. The number of carbonyl (C=O) groups is 1. The van der Waals surface area contributed by atoms with Gasteiger partial charge in [-0.1, -0.05) is 5.21 Å². The molecule has 0 atom stereocenters. The molecule has 2 aromatic rings. The number of aryl methyl sites for hydroxylation is 3. The Kier molecular flexibility index (Phi) is 3.91. The van der Waals surface area contributed by atoms with E-state index in [9.17, 15) is 4.79 Å². The van der Waals surface area contributed by atoms with Crippen molar-refractivity contribution in [2.75, 3.05) is 6.54 Å². The van der Waals surface area contributed by atoms with Crippen LogP contribution >= 0.6 is 0 Å². The highest BCUT2D eigenvalue weighted by Gasteiger charge is 2.18. The van der Waals surface area contributed by atoms with Gasteiger partial charge in [-0.3, -0.25) is 4.68 Å². The maximum atomic E-state index is 11.0. The molecule has 2 heterocycles. The SMILES string of the molecule is Cn1cc(CCn2nnc(C(=O)O)c2CCN)cn1.